The summed E-state index contributed by atoms with van der Waals surface area (Å²) >= 11 is 0. The summed E-state index contributed by atoms with van der Waals surface area (Å²) in [5, 5.41) is 25.7. The zero-order valence-corrected chi connectivity index (χ0v) is 11.3. The lowest BCUT2D eigenvalue weighted by molar-refractivity contribution is 0.0693. The van der Waals surface area contributed by atoms with E-state index in [1.165, 1.54) is 0 Å². The molecule has 4 N–H and O–H groups in total. The Bertz CT molecular complexity index is 534. The zero-order valence-electron chi connectivity index (χ0n) is 10.4. The third-order valence-corrected chi connectivity index (χ3v) is 2.71. The molecule has 1 aromatic rings. The molecule has 1 aromatic carbocycles. The van der Waals surface area contributed by atoms with Crippen molar-refractivity contribution in [1.82, 2.24) is 0 Å². The minimum Gasteiger partial charge on any atom is -0.507 e. The molecule has 7 nitrogen and oxygen atoms in total. The number of aliphatic hydroxyl groups excluding tert-OH is 1. The van der Waals surface area contributed by atoms with Crippen molar-refractivity contribution in [3.8, 4) is 5.75 Å². The number of aromatic carboxylic acids is 1. The van der Waals surface area contributed by atoms with Crippen LogP contribution in [0.1, 0.15) is 24.2 Å². The number of hydrogen-bond acceptors (Lipinski definition) is 5. The molecule has 0 aliphatic carbocycles. The number of benzene rings is 1. The van der Waals surface area contributed by atoms with Crippen molar-refractivity contribution >= 4 is 16.1 Å². The van der Waals surface area contributed by atoms with Gasteiger partial charge in [0.05, 0.1) is 4.90 Å². The molecule has 0 amide bonds. The molecule has 108 valence electrons. The smallest absolute Gasteiger partial charge is 0.339 e. The number of carbonyl (C=O) groups is 1. The number of hydrogen-bond donors (Lipinski definition) is 4. The zero-order chi connectivity index (χ0) is 15.2. The van der Waals surface area contributed by atoms with E-state index in [9.17, 15) is 13.2 Å². The predicted molar refractivity (Wildman–Crippen MR) is 66.8 cm³/mol. The third-order valence-electron chi connectivity index (χ3n) is 1.86. The largest absolute Gasteiger partial charge is 0.507 e. The molecule has 0 aliphatic heterocycles. The molecule has 0 aliphatic rings. The maximum absolute atomic E-state index is 10.6. The first kappa shape index (κ1) is 17.4. The summed E-state index contributed by atoms with van der Waals surface area (Å²) in [7, 11) is -4.45. The van der Waals surface area contributed by atoms with Crippen LogP contribution in [0.4, 0.5) is 0 Å². The fourth-order valence-corrected chi connectivity index (χ4v) is 1.35. The van der Waals surface area contributed by atoms with Gasteiger partial charge in [0.15, 0.2) is 0 Å². The molecule has 0 bridgehead atoms. The van der Waals surface area contributed by atoms with E-state index in [1.807, 2.05) is 13.8 Å². The van der Waals surface area contributed by atoms with Gasteiger partial charge in [-0.15, -0.1) is 0 Å². The van der Waals surface area contributed by atoms with Gasteiger partial charge >= 0.3 is 5.97 Å². The van der Waals surface area contributed by atoms with Crippen molar-refractivity contribution in [2.24, 2.45) is 5.92 Å². The van der Waals surface area contributed by atoms with Gasteiger partial charge in [0.1, 0.15) is 11.3 Å². The van der Waals surface area contributed by atoms with Crippen LogP contribution in [0.5, 0.6) is 5.75 Å². The van der Waals surface area contributed by atoms with Gasteiger partial charge in [-0.1, -0.05) is 13.8 Å². The lowest BCUT2D eigenvalue weighted by atomic mass is 10.2. The first-order chi connectivity index (χ1) is 8.59. The number of phenols is 1. The second kappa shape index (κ2) is 7.07. The molecule has 0 spiro atoms. The van der Waals surface area contributed by atoms with E-state index in [0.717, 1.165) is 12.1 Å². The van der Waals surface area contributed by atoms with Crippen LogP contribution in [0.25, 0.3) is 0 Å². The first-order valence-electron chi connectivity index (χ1n) is 5.24. The van der Waals surface area contributed by atoms with Crippen molar-refractivity contribution < 1.29 is 33.1 Å². The maximum atomic E-state index is 10.6. The van der Waals surface area contributed by atoms with Gasteiger partial charge < -0.3 is 15.3 Å². The Morgan fingerprint density at radius 1 is 1.32 bits per heavy atom. The first-order valence-corrected chi connectivity index (χ1v) is 6.68. The Labute approximate surface area is 110 Å². The summed E-state index contributed by atoms with van der Waals surface area (Å²) in [6.45, 7) is 4.25. The van der Waals surface area contributed by atoms with Crippen molar-refractivity contribution in [3.63, 3.8) is 0 Å². The molecule has 0 heterocycles. The van der Waals surface area contributed by atoms with E-state index in [-0.39, 0.29) is 0 Å². The lowest BCUT2D eigenvalue weighted by Gasteiger charge is -2.01. The fourth-order valence-electron chi connectivity index (χ4n) is 0.847. The van der Waals surface area contributed by atoms with Gasteiger partial charge in [-0.3, -0.25) is 4.55 Å². The molecule has 8 heteroatoms. The lowest BCUT2D eigenvalue weighted by Crippen LogP contribution is -2.02. The summed E-state index contributed by atoms with van der Waals surface area (Å²) in [5.74, 6) is -1.60. The van der Waals surface area contributed by atoms with Crippen molar-refractivity contribution in [2.75, 3.05) is 6.61 Å². The van der Waals surface area contributed by atoms with Gasteiger partial charge in [0.2, 0.25) is 0 Å². The van der Waals surface area contributed by atoms with Gasteiger partial charge in [0.25, 0.3) is 10.1 Å². The molecular formula is C11H16O7S. The summed E-state index contributed by atoms with van der Waals surface area (Å²) in [5.41, 5.74) is -0.583. The van der Waals surface area contributed by atoms with Crippen LogP contribution in [0, 0.1) is 5.92 Å². The van der Waals surface area contributed by atoms with E-state index in [0.29, 0.717) is 18.6 Å². The molecule has 0 aromatic heterocycles. The average Bonchev–Trinajstić information content (AvgIpc) is 2.28. The summed E-state index contributed by atoms with van der Waals surface area (Å²) < 4.78 is 29.8. The maximum Gasteiger partial charge on any atom is 0.339 e. The van der Waals surface area contributed by atoms with Crippen molar-refractivity contribution in [1.29, 1.82) is 0 Å². The van der Waals surface area contributed by atoms with E-state index >= 15 is 0 Å². The Kier molecular flexibility index (Phi) is 6.46. The Morgan fingerprint density at radius 3 is 2.11 bits per heavy atom. The highest BCUT2D eigenvalue weighted by Gasteiger charge is 2.16. The molecule has 0 atom stereocenters. The second-order valence-electron chi connectivity index (χ2n) is 4.04. The SMILES string of the molecule is CC(C)CO.O=C(O)c1cc(S(=O)(=O)O)ccc1O. The van der Waals surface area contributed by atoms with Crippen LogP contribution in [0.15, 0.2) is 23.1 Å². The van der Waals surface area contributed by atoms with Crippen LogP contribution in [0.2, 0.25) is 0 Å². The molecule has 0 radical (unpaired) electrons. The van der Waals surface area contributed by atoms with Crippen molar-refractivity contribution in [2.45, 2.75) is 18.7 Å². The number of aromatic hydroxyl groups is 1. The van der Waals surface area contributed by atoms with E-state index in [2.05, 4.69) is 0 Å². The van der Waals surface area contributed by atoms with Crippen LogP contribution in [0.3, 0.4) is 0 Å². The fraction of sp³-hybridized carbons (Fsp3) is 0.364. The predicted octanol–water partition coefficient (Wildman–Crippen LogP) is 0.972. The number of aliphatic hydroxyl groups is 1. The molecule has 0 unspecified atom stereocenters. The van der Waals surface area contributed by atoms with Crippen LogP contribution < -0.4 is 0 Å². The number of carboxylic acids is 1. The number of rotatable bonds is 3. The summed E-state index contributed by atoms with van der Waals surface area (Å²) in [4.78, 5) is 9.89. The molecule has 0 saturated heterocycles. The standard InChI is InChI=1S/C7H6O6S.C4H10O/c8-6-2-1-4(14(11,12)13)3-5(6)7(9)10;1-4(2)3-5/h1-3,8H,(H,9,10)(H,11,12,13);4-5H,3H2,1-2H3. The highest BCUT2D eigenvalue weighted by atomic mass is 32.2. The van der Waals surface area contributed by atoms with Gasteiger partial charge in [-0.25, -0.2) is 4.79 Å². The van der Waals surface area contributed by atoms with E-state index in [4.69, 9.17) is 19.9 Å². The molecule has 0 saturated carbocycles. The summed E-state index contributed by atoms with van der Waals surface area (Å²) in [6, 6.07) is 2.46. The molecule has 0 fully saturated rings. The van der Waals surface area contributed by atoms with Gasteiger partial charge in [0, 0.05) is 6.61 Å². The van der Waals surface area contributed by atoms with E-state index < -0.39 is 32.3 Å². The van der Waals surface area contributed by atoms with Crippen LogP contribution in [-0.4, -0.2) is 40.9 Å². The van der Waals surface area contributed by atoms with Gasteiger partial charge in [-0.2, -0.15) is 8.42 Å². The van der Waals surface area contributed by atoms with E-state index in [1.54, 1.807) is 0 Å². The monoisotopic (exact) mass is 292 g/mol. The Hall–Kier alpha value is -1.64. The average molecular weight is 292 g/mol. The molecule has 19 heavy (non-hydrogen) atoms. The van der Waals surface area contributed by atoms with Crippen molar-refractivity contribution in [3.05, 3.63) is 23.8 Å². The topological polar surface area (TPSA) is 132 Å². The minimum atomic E-state index is -4.45. The normalized spacial score (nSPS) is 10.8. The van der Waals surface area contributed by atoms with Crippen LogP contribution >= 0.6 is 0 Å². The molecular weight excluding hydrogens is 276 g/mol. The van der Waals surface area contributed by atoms with Crippen LogP contribution in [-0.2, 0) is 10.1 Å². The number of carboxylic acid groups (broad SMARTS) is 1. The Morgan fingerprint density at radius 2 is 1.79 bits per heavy atom. The summed E-state index contributed by atoms with van der Waals surface area (Å²) in [6.07, 6.45) is 0. The Balaban J connectivity index is 0.000000555. The minimum absolute atomic E-state index is 0.306. The highest BCUT2D eigenvalue weighted by molar-refractivity contribution is 7.85. The van der Waals surface area contributed by atoms with Gasteiger partial charge in [-0.05, 0) is 24.1 Å². The second-order valence-corrected chi connectivity index (χ2v) is 5.46. The molecule has 1 rings (SSSR count). The quantitative estimate of drug-likeness (QED) is 0.610. The third kappa shape index (κ3) is 6.18. The highest BCUT2D eigenvalue weighted by Crippen LogP contribution is 2.20.